The zero-order chi connectivity index (χ0) is 19.6. The predicted octanol–water partition coefficient (Wildman–Crippen LogP) is 4.59. The Kier molecular flexibility index (Phi) is 7.45. The van der Waals surface area contributed by atoms with E-state index in [9.17, 15) is 10.1 Å². The third-order valence-electron chi connectivity index (χ3n) is 3.99. The molecule has 0 spiro atoms. The second-order valence-corrected chi connectivity index (χ2v) is 5.89. The van der Waals surface area contributed by atoms with Gasteiger partial charge in [0.25, 0.3) is 5.91 Å². The second kappa shape index (κ2) is 10.0. The van der Waals surface area contributed by atoms with Crippen molar-refractivity contribution in [3.63, 3.8) is 0 Å². The Morgan fingerprint density at radius 1 is 1.22 bits per heavy atom. The summed E-state index contributed by atoms with van der Waals surface area (Å²) in [5.74, 6) is 0.777. The summed E-state index contributed by atoms with van der Waals surface area (Å²) in [7, 11) is 1.58. The van der Waals surface area contributed by atoms with Gasteiger partial charge in [-0.15, -0.1) is 0 Å². The Morgan fingerprint density at radius 2 is 2.00 bits per heavy atom. The molecule has 1 N–H and O–H groups in total. The lowest BCUT2D eigenvalue weighted by Gasteiger charge is -2.11. The fraction of sp³-hybridized carbons (Fsp3) is 0.273. The van der Waals surface area contributed by atoms with E-state index in [0.29, 0.717) is 29.4 Å². The Balaban J connectivity index is 2.32. The van der Waals surface area contributed by atoms with Crippen LogP contribution in [0.3, 0.4) is 0 Å². The van der Waals surface area contributed by atoms with E-state index in [0.717, 1.165) is 18.4 Å². The van der Waals surface area contributed by atoms with E-state index in [-0.39, 0.29) is 5.57 Å². The minimum Gasteiger partial charge on any atom is -0.497 e. The molecular formula is C22H24N2O3. The molecule has 27 heavy (non-hydrogen) atoms. The van der Waals surface area contributed by atoms with E-state index < -0.39 is 5.91 Å². The lowest BCUT2D eigenvalue weighted by atomic mass is 10.1. The van der Waals surface area contributed by atoms with Gasteiger partial charge in [0, 0.05) is 17.3 Å². The third kappa shape index (κ3) is 5.35. The maximum Gasteiger partial charge on any atom is 0.266 e. The molecule has 0 atom stereocenters. The van der Waals surface area contributed by atoms with Crippen molar-refractivity contribution in [2.24, 2.45) is 0 Å². The van der Waals surface area contributed by atoms with Gasteiger partial charge in [-0.25, -0.2) is 0 Å². The highest BCUT2D eigenvalue weighted by Gasteiger charge is 2.13. The van der Waals surface area contributed by atoms with E-state index in [1.165, 1.54) is 6.08 Å². The molecule has 2 aromatic carbocycles. The number of benzene rings is 2. The lowest BCUT2D eigenvalue weighted by molar-refractivity contribution is -0.112. The predicted molar refractivity (Wildman–Crippen MR) is 107 cm³/mol. The molecule has 0 heterocycles. The molecule has 1 amide bonds. The molecule has 2 rings (SSSR count). The molecule has 0 aliphatic rings. The first-order valence-corrected chi connectivity index (χ1v) is 8.94. The van der Waals surface area contributed by atoms with Crippen molar-refractivity contribution < 1.29 is 14.3 Å². The van der Waals surface area contributed by atoms with Gasteiger partial charge in [0.2, 0.25) is 0 Å². The van der Waals surface area contributed by atoms with Crippen LogP contribution in [0.2, 0.25) is 0 Å². The van der Waals surface area contributed by atoms with Gasteiger partial charge in [-0.2, -0.15) is 5.26 Å². The number of nitrogens with zero attached hydrogens (tertiary/aromatic N) is 1. The number of methoxy groups -OCH3 is 1. The monoisotopic (exact) mass is 364 g/mol. The van der Waals surface area contributed by atoms with Crippen molar-refractivity contribution >= 4 is 17.7 Å². The minimum atomic E-state index is -0.448. The van der Waals surface area contributed by atoms with Crippen LogP contribution in [0.5, 0.6) is 11.5 Å². The van der Waals surface area contributed by atoms with Crippen LogP contribution in [0.25, 0.3) is 6.08 Å². The van der Waals surface area contributed by atoms with Gasteiger partial charge in [0.15, 0.2) is 0 Å². The van der Waals surface area contributed by atoms with Crippen molar-refractivity contribution in [1.29, 1.82) is 5.26 Å². The molecule has 0 unspecified atom stereocenters. The molecule has 140 valence electrons. The van der Waals surface area contributed by atoms with E-state index in [4.69, 9.17) is 9.47 Å². The quantitative estimate of drug-likeness (QED) is 0.549. The van der Waals surface area contributed by atoms with Crippen molar-refractivity contribution in [3.05, 3.63) is 59.2 Å². The van der Waals surface area contributed by atoms with Gasteiger partial charge < -0.3 is 14.8 Å². The van der Waals surface area contributed by atoms with Crippen LogP contribution in [0.15, 0.2) is 48.0 Å². The summed E-state index contributed by atoms with van der Waals surface area (Å²) in [5, 5.41) is 12.3. The average molecular weight is 364 g/mol. The number of carbonyl (C=O) groups excluding carboxylic acids is 1. The fourth-order valence-corrected chi connectivity index (χ4v) is 2.54. The molecule has 0 saturated heterocycles. The number of nitriles is 1. The van der Waals surface area contributed by atoms with Crippen molar-refractivity contribution in [1.82, 2.24) is 0 Å². The summed E-state index contributed by atoms with van der Waals surface area (Å²) in [6.07, 6.45) is 3.17. The van der Waals surface area contributed by atoms with Gasteiger partial charge in [-0.1, -0.05) is 32.0 Å². The number of para-hydroxylation sites is 1. The average Bonchev–Trinajstić information content (AvgIpc) is 2.71. The van der Waals surface area contributed by atoms with Crippen LogP contribution in [0, 0.1) is 11.3 Å². The first kappa shape index (κ1) is 20.1. The molecule has 2 aromatic rings. The number of rotatable bonds is 8. The maximum absolute atomic E-state index is 12.6. The molecular weight excluding hydrogens is 340 g/mol. The molecule has 5 nitrogen and oxygen atoms in total. The van der Waals surface area contributed by atoms with E-state index in [1.54, 1.807) is 25.3 Å². The number of aryl methyl sites for hydroxylation is 1. The highest BCUT2D eigenvalue weighted by atomic mass is 16.5. The normalized spacial score (nSPS) is 10.8. The molecule has 0 aromatic heterocycles. The summed E-state index contributed by atoms with van der Waals surface area (Å²) >= 11 is 0. The molecule has 0 aliphatic heterocycles. The standard InChI is InChI=1S/C22H24N2O3/c1-4-12-27-21-14-19(26-3)11-10-17(21)13-18(15-23)22(25)24-20-9-7-6-8-16(20)5-2/h6-11,13-14H,4-5,12H2,1-3H3,(H,24,25)/b18-13+. The summed E-state index contributed by atoms with van der Waals surface area (Å²) in [6, 6.07) is 14.8. The molecule has 0 fully saturated rings. The Bertz CT molecular complexity index is 866. The lowest BCUT2D eigenvalue weighted by Crippen LogP contribution is -2.14. The van der Waals surface area contributed by atoms with Crippen LogP contribution < -0.4 is 14.8 Å². The van der Waals surface area contributed by atoms with Gasteiger partial charge >= 0.3 is 0 Å². The van der Waals surface area contributed by atoms with Gasteiger partial charge in [0.1, 0.15) is 23.1 Å². The smallest absolute Gasteiger partial charge is 0.266 e. The summed E-state index contributed by atoms with van der Waals surface area (Å²) in [5.41, 5.74) is 2.38. The molecule has 0 radical (unpaired) electrons. The van der Waals surface area contributed by atoms with Crippen molar-refractivity contribution in [2.45, 2.75) is 26.7 Å². The van der Waals surface area contributed by atoms with E-state index in [1.807, 2.05) is 44.2 Å². The van der Waals surface area contributed by atoms with E-state index >= 15 is 0 Å². The zero-order valence-electron chi connectivity index (χ0n) is 15.9. The highest BCUT2D eigenvalue weighted by Crippen LogP contribution is 2.27. The maximum atomic E-state index is 12.6. The van der Waals surface area contributed by atoms with Crippen LogP contribution >= 0.6 is 0 Å². The van der Waals surface area contributed by atoms with Gasteiger partial charge in [0.05, 0.1) is 13.7 Å². The van der Waals surface area contributed by atoms with Crippen molar-refractivity contribution in [2.75, 3.05) is 19.0 Å². The Morgan fingerprint density at radius 3 is 2.67 bits per heavy atom. The number of hydrogen-bond acceptors (Lipinski definition) is 4. The number of carbonyl (C=O) groups is 1. The number of anilines is 1. The van der Waals surface area contributed by atoms with Crippen molar-refractivity contribution in [3.8, 4) is 17.6 Å². The van der Waals surface area contributed by atoms with Crippen LogP contribution in [0.1, 0.15) is 31.4 Å². The van der Waals surface area contributed by atoms with Crippen LogP contribution in [0.4, 0.5) is 5.69 Å². The Labute approximate surface area is 160 Å². The summed E-state index contributed by atoms with van der Waals surface area (Å²) in [6.45, 7) is 4.56. The molecule has 5 heteroatoms. The first-order chi connectivity index (χ1) is 13.1. The fourth-order valence-electron chi connectivity index (χ4n) is 2.54. The number of nitrogens with one attached hydrogen (secondary N) is 1. The highest BCUT2D eigenvalue weighted by molar-refractivity contribution is 6.10. The van der Waals surface area contributed by atoms with Gasteiger partial charge in [-0.05, 0) is 42.7 Å². The number of ether oxygens (including phenoxy) is 2. The summed E-state index contributed by atoms with van der Waals surface area (Å²) < 4.78 is 11.0. The van der Waals surface area contributed by atoms with E-state index in [2.05, 4.69) is 5.32 Å². The second-order valence-electron chi connectivity index (χ2n) is 5.89. The van der Waals surface area contributed by atoms with Crippen LogP contribution in [-0.2, 0) is 11.2 Å². The SMILES string of the molecule is CCCOc1cc(OC)ccc1/C=C(\C#N)C(=O)Nc1ccccc1CC. The summed E-state index contributed by atoms with van der Waals surface area (Å²) in [4.78, 5) is 12.6. The topological polar surface area (TPSA) is 71.3 Å². The Hall–Kier alpha value is -3.26. The number of hydrogen-bond donors (Lipinski definition) is 1. The molecule has 0 bridgehead atoms. The molecule has 0 aliphatic carbocycles. The van der Waals surface area contributed by atoms with Gasteiger partial charge in [-0.3, -0.25) is 4.79 Å². The first-order valence-electron chi connectivity index (χ1n) is 8.94. The zero-order valence-corrected chi connectivity index (χ0v) is 15.9. The number of amides is 1. The molecule has 0 saturated carbocycles. The minimum absolute atomic E-state index is 0.00687. The third-order valence-corrected chi connectivity index (χ3v) is 3.99. The van der Waals surface area contributed by atoms with Crippen LogP contribution in [-0.4, -0.2) is 19.6 Å². The largest absolute Gasteiger partial charge is 0.497 e.